The summed E-state index contributed by atoms with van der Waals surface area (Å²) in [6, 6.07) is 12.6. The van der Waals surface area contributed by atoms with Gasteiger partial charge in [-0.05, 0) is 37.6 Å². The first kappa shape index (κ1) is 22.5. The Balaban J connectivity index is 1.46. The number of halogens is 2. The first-order valence-corrected chi connectivity index (χ1v) is 12.8. The van der Waals surface area contributed by atoms with Crippen LogP contribution in [0.3, 0.4) is 0 Å². The van der Waals surface area contributed by atoms with Crippen LogP contribution in [0.4, 0.5) is 5.13 Å². The fourth-order valence-corrected chi connectivity index (χ4v) is 6.68. The normalized spacial score (nSPS) is 17.8. The topological polar surface area (TPSA) is 66.4 Å². The number of benzene rings is 2. The predicted octanol–water partition coefficient (Wildman–Crippen LogP) is 4.64. The highest BCUT2D eigenvalue weighted by Crippen LogP contribution is 2.31. The molecule has 10 heteroatoms. The molecule has 0 radical (unpaired) electrons. The number of nitrogens with zero attached hydrogens (tertiary/aromatic N) is 4. The number of rotatable bonds is 5. The summed E-state index contributed by atoms with van der Waals surface area (Å²) in [5.41, 5.74) is 2.38. The minimum absolute atomic E-state index is 0.0401. The first-order chi connectivity index (χ1) is 14.7. The molecule has 6 nitrogen and oxygen atoms in total. The van der Waals surface area contributed by atoms with Crippen molar-refractivity contribution < 1.29 is 8.42 Å². The first-order valence-electron chi connectivity index (χ1n) is 9.84. The zero-order chi connectivity index (χ0) is 22.2. The van der Waals surface area contributed by atoms with Gasteiger partial charge in [-0.15, -0.1) is 0 Å². The lowest BCUT2D eigenvalue weighted by atomic mass is 10.1. The van der Waals surface area contributed by atoms with E-state index < -0.39 is 10.0 Å². The number of sulfonamides is 1. The maximum absolute atomic E-state index is 13.2. The molecule has 0 aliphatic carbocycles. The van der Waals surface area contributed by atoms with E-state index in [0.717, 1.165) is 16.5 Å². The Labute approximate surface area is 196 Å². The highest BCUT2D eigenvalue weighted by Gasteiger charge is 2.35. The van der Waals surface area contributed by atoms with Gasteiger partial charge in [-0.1, -0.05) is 53.0 Å². The summed E-state index contributed by atoms with van der Waals surface area (Å²) in [6.07, 6.45) is 0.675. The van der Waals surface area contributed by atoms with E-state index in [1.807, 2.05) is 6.92 Å². The van der Waals surface area contributed by atoms with Crippen LogP contribution in [-0.2, 0) is 16.4 Å². The molecule has 31 heavy (non-hydrogen) atoms. The van der Waals surface area contributed by atoms with Gasteiger partial charge in [0.15, 0.2) is 0 Å². The monoisotopic (exact) mass is 496 g/mol. The van der Waals surface area contributed by atoms with Gasteiger partial charge in [0.05, 0.1) is 5.02 Å². The van der Waals surface area contributed by atoms with Crippen molar-refractivity contribution in [2.24, 2.45) is 0 Å². The van der Waals surface area contributed by atoms with Crippen LogP contribution in [-0.4, -0.2) is 47.8 Å². The lowest BCUT2D eigenvalue weighted by molar-refractivity contribution is 0.306. The van der Waals surface area contributed by atoms with E-state index in [9.17, 15) is 8.42 Å². The summed E-state index contributed by atoms with van der Waals surface area (Å²) in [4.78, 5) is 6.81. The Kier molecular flexibility index (Phi) is 6.55. The van der Waals surface area contributed by atoms with E-state index >= 15 is 0 Å². The van der Waals surface area contributed by atoms with Crippen molar-refractivity contribution in [3.8, 4) is 0 Å². The summed E-state index contributed by atoms with van der Waals surface area (Å²) in [6.45, 7) is 5.33. The van der Waals surface area contributed by atoms with Crippen molar-refractivity contribution in [3.05, 3.63) is 69.5 Å². The van der Waals surface area contributed by atoms with Crippen molar-refractivity contribution in [2.75, 3.05) is 24.5 Å². The summed E-state index contributed by atoms with van der Waals surface area (Å²) < 4.78 is 32.3. The van der Waals surface area contributed by atoms with Crippen molar-refractivity contribution in [1.29, 1.82) is 0 Å². The van der Waals surface area contributed by atoms with Crippen molar-refractivity contribution in [3.63, 3.8) is 0 Å². The van der Waals surface area contributed by atoms with Crippen molar-refractivity contribution in [1.82, 2.24) is 13.7 Å². The van der Waals surface area contributed by atoms with E-state index in [0.29, 0.717) is 31.1 Å². The summed E-state index contributed by atoms with van der Waals surface area (Å²) in [7, 11) is -3.75. The van der Waals surface area contributed by atoms with Crippen LogP contribution >= 0.6 is 34.7 Å². The number of piperazine rings is 1. The highest BCUT2D eigenvalue weighted by atomic mass is 35.5. The molecule has 0 spiro atoms. The van der Waals surface area contributed by atoms with Crippen molar-refractivity contribution in [2.45, 2.75) is 31.2 Å². The van der Waals surface area contributed by atoms with Gasteiger partial charge in [0.25, 0.3) is 0 Å². The molecule has 1 aliphatic heterocycles. The molecular weight excluding hydrogens is 475 g/mol. The molecule has 4 rings (SSSR count). The smallest absolute Gasteiger partial charge is 0.244 e. The molecule has 1 aliphatic rings. The third-order valence-electron chi connectivity index (χ3n) is 5.26. The molecule has 1 atom stereocenters. The summed E-state index contributed by atoms with van der Waals surface area (Å²) in [5, 5.41) is 1.32. The highest BCUT2D eigenvalue weighted by molar-refractivity contribution is 7.89. The van der Waals surface area contributed by atoms with E-state index in [2.05, 4.69) is 45.4 Å². The average Bonchev–Trinajstić information content (AvgIpc) is 3.19. The number of anilines is 1. The minimum atomic E-state index is -3.75. The van der Waals surface area contributed by atoms with Gasteiger partial charge in [-0.3, -0.25) is 0 Å². The van der Waals surface area contributed by atoms with Gasteiger partial charge in [-0.25, -0.2) is 13.4 Å². The van der Waals surface area contributed by atoms with Crippen LogP contribution in [0.2, 0.25) is 10.0 Å². The maximum Gasteiger partial charge on any atom is 0.244 e. The van der Waals surface area contributed by atoms with Gasteiger partial charge in [-0.2, -0.15) is 8.68 Å². The van der Waals surface area contributed by atoms with Gasteiger partial charge < -0.3 is 4.90 Å². The zero-order valence-electron chi connectivity index (χ0n) is 17.1. The Morgan fingerprint density at radius 3 is 2.58 bits per heavy atom. The summed E-state index contributed by atoms with van der Waals surface area (Å²) >= 11 is 13.5. The lowest BCUT2D eigenvalue weighted by Gasteiger charge is -2.38. The van der Waals surface area contributed by atoms with E-state index in [1.54, 1.807) is 6.07 Å². The molecule has 1 saturated heterocycles. The molecule has 2 aromatic carbocycles. The fourth-order valence-electron chi connectivity index (χ4n) is 3.61. The largest absolute Gasteiger partial charge is 0.344 e. The molecular formula is C21H22Cl2N4O2S2. The summed E-state index contributed by atoms with van der Waals surface area (Å²) in [5.74, 6) is 0.775. The molecule has 1 fully saturated rings. The Bertz CT molecular complexity index is 1180. The zero-order valence-corrected chi connectivity index (χ0v) is 20.3. The van der Waals surface area contributed by atoms with Gasteiger partial charge >= 0.3 is 0 Å². The standard InChI is InChI=1S/C21H22Cl2N4O2S2/c1-14-3-5-16(6-4-14)11-20-24-21(30-25-20)26-9-10-27(15(2)13-26)31(28,29)19-12-17(22)7-8-18(19)23/h3-8,12,15H,9-11,13H2,1-2H3. The van der Waals surface area contributed by atoms with Crippen LogP contribution in [0.1, 0.15) is 23.9 Å². The number of aryl methyl sites for hydroxylation is 1. The average molecular weight is 497 g/mol. The third-order valence-corrected chi connectivity index (χ3v) is 8.80. The minimum Gasteiger partial charge on any atom is -0.344 e. The number of hydrogen-bond acceptors (Lipinski definition) is 6. The quantitative estimate of drug-likeness (QED) is 0.514. The van der Waals surface area contributed by atoms with Gasteiger partial charge in [0, 0.05) is 48.7 Å². The van der Waals surface area contributed by atoms with Crippen LogP contribution in [0, 0.1) is 6.92 Å². The van der Waals surface area contributed by atoms with E-state index in [-0.39, 0.29) is 16.0 Å². The van der Waals surface area contributed by atoms with E-state index in [1.165, 1.54) is 33.5 Å². The molecule has 0 N–H and O–H groups in total. The van der Waals surface area contributed by atoms with E-state index in [4.69, 9.17) is 23.2 Å². The molecule has 0 saturated carbocycles. The molecule has 0 bridgehead atoms. The molecule has 0 amide bonds. The Morgan fingerprint density at radius 2 is 1.87 bits per heavy atom. The Hall–Kier alpha value is -1.71. The second-order valence-corrected chi connectivity index (χ2v) is 11.1. The molecule has 164 valence electrons. The molecule has 1 unspecified atom stereocenters. The fraction of sp³-hybridized carbons (Fsp3) is 0.333. The SMILES string of the molecule is Cc1ccc(Cc2nsc(N3CCN(S(=O)(=O)c4cc(Cl)ccc4Cl)C(C)C3)n2)cc1. The van der Waals surface area contributed by atoms with Crippen LogP contribution in [0.5, 0.6) is 0 Å². The molecule has 2 heterocycles. The second-order valence-electron chi connectivity index (χ2n) is 7.64. The Morgan fingerprint density at radius 1 is 1.13 bits per heavy atom. The van der Waals surface area contributed by atoms with Crippen LogP contribution in [0.15, 0.2) is 47.4 Å². The van der Waals surface area contributed by atoms with Gasteiger partial charge in [0.2, 0.25) is 15.2 Å². The number of aromatic nitrogens is 2. The van der Waals surface area contributed by atoms with Crippen LogP contribution in [0.25, 0.3) is 0 Å². The molecule has 3 aromatic rings. The van der Waals surface area contributed by atoms with Crippen molar-refractivity contribution >= 4 is 49.9 Å². The van der Waals surface area contributed by atoms with Gasteiger partial charge in [0.1, 0.15) is 10.7 Å². The maximum atomic E-state index is 13.2. The van der Waals surface area contributed by atoms with Crippen LogP contribution < -0.4 is 4.90 Å². The lowest BCUT2D eigenvalue weighted by Crippen LogP contribution is -2.54. The number of hydrogen-bond donors (Lipinski definition) is 0. The molecule has 1 aromatic heterocycles. The predicted molar refractivity (Wildman–Crippen MR) is 126 cm³/mol. The third kappa shape index (κ3) is 4.88. The second kappa shape index (κ2) is 9.03.